The van der Waals surface area contributed by atoms with Crippen LogP contribution in [0.25, 0.3) is 22.2 Å². The second-order valence-corrected chi connectivity index (χ2v) is 6.44. The lowest BCUT2D eigenvalue weighted by Crippen LogP contribution is -2.04. The van der Waals surface area contributed by atoms with Gasteiger partial charge < -0.3 is 13.8 Å². The van der Waals surface area contributed by atoms with E-state index in [-0.39, 0.29) is 18.1 Å². The Morgan fingerprint density at radius 2 is 2.14 bits per heavy atom. The number of halogens is 1. The van der Waals surface area contributed by atoms with Crippen LogP contribution in [0.2, 0.25) is 0 Å². The molecule has 144 valence electrons. The third-order valence-electron chi connectivity index (χ3n) is 4.52. The van der Waals surface area contributed by atoms with Gasteiger partial charge in [-0.2, -0.15) is 5.26 Å². The van der Waals surface area contributed by atoms with Crippen LogP contribution in [0.5, 0.6) is 0 Å². The van der Waals surface area contributed by atoms with Crippen LogP contribution in [0.15, 0.2) is 59.3 Å². The molecule has 0 saturated carbocycles. The summed E-state index contributed by atoms with van der Waals surface area (Å²) in [6.45, 7) is 2.40. The van der Waals surface area contributed by atoms with Crippen LogP contribution in [0.1, 0.15) is 28.5 Å². The molecular weight excluding hydrogens is 373 g/mol. The summed E-state index contributed by atoms with van der Waals surface area (Å²) in [5, 5.41) is 14.0. The van der Waals surface area contributed by atoms with E-state index >= 15 is 0 Å². The monoisotopic (exact) mass is 389 g/mol. The van der Waals surface area contributed by atoms with Gasteiger partial charge in [0.25, 0.3) is 0 Å². The van der Waals surface area contributed by atoms with Crippen molar-refractivity contribution >= 4 is 16.9 Å². The molecule has 0 bridgehead atoms. The molecule has 0 amide bonds. The summed E-state index contributed by atoms with van der Waals surface area (Å²) in [5.74, 6) is -0.455. The van der Waals surface area contributed by atoms with Crippen LogP contribution in [-0.4, -0.2) is 22.3 Å². The number of fused-ring (bicyclic) bond motifs is 1. The van der Waals surface area contributed by atoms with Gasteiger partial charge in [0.2, 0.25) is 0 Å². The lowest BCUT2D eigenvalue weighted by atomic mass is 10.1. The summed E-state index contributed by atoms with van der Waals surface area (Å²) in [6.07, 6.45) is 1.74. The summed E-state index contributed by atoms with van der Waals surface area (Å²) in [5.41, 5.74) is 2.89. The molecule has 7 heteroatoms. The van der Waals surface area contributed by atoms with E-state index < -0.39 is 5.97 Å². The van der Waals surface area contributed by atoms with Gasteiger partial charge in [-0.05, 0) is 42.8 Å². The molecule has 2 aromatic heterocycles. The standard InChI is InChI=1S/C22H16FN3O3/c1-2-28-22(27)19-10-21(29-25-19)15-6-7-20-18(9-15)16(11-24)13-26(20)12-14-4-3-5-17(23)8-14/h3-10,13H,2,12H2,1H3. The quantitative estimate of drug-likeness (QED) is 0.468. The molecule has 0 spiro atoms. The van der Waals surface area contributed by atoms with Crippen molar-refractivity contribution in [2.75, 3.05) is 6.61 Å². The minimum atomic E-state index is -0.553. The highest BCUT2D eigenvalue weighted by atomic mass is 19.1. The molecule has 4 rings (SSSR count). The second kappa shape index (κ2) is 7.60. The lowest BCUT2D eigenvalue weighted by Gasteiger charge is -2.06. The molecule has 0 radical (unpaired) electrons. The zero-order valence-electron chi connectivity index (χ0n) is 15.6. The van der Waals surface area contributed by atoms with Gasteiger partial charge in [0.1, 0.15) is 11.9 Å². The Kier molecular flexibility index (Phi) is 4.83. The number of ether oxygens (including phenoxy) is 1. The highest BCUT2D eigenvalue weighted by molar-refractivity contribution is 5.91. The fourth-order valence-electron chi connectivity index (χ4n) is 3.21. The van der Waals surface area contributed by atoms with E-state index in [0.29, 0.717) is 23.4 Å². The summed E-state index contributed by atoms with van der Waals surface area (Å²) >= 11 is 0. The van der Waals surface area contributed by atoms with Crippen molar-refractivity contribution in [2.24, 2.45) is 0 Å². The smallest absolute Gasteiger partial charge is 0.360 e. The average molecular weight is 389 g/mol. The maximum atomic E-state index is 13.5. The number of nitriles is 1. The third-order valence-corrected chi connectivity index (χ3v) is 4.52. The van der Waals surface area contributed by atoms with Gasteiger partial charge in [-0.1, -0.05) is 17.3 Å². The number of nitrogens with zero attached hydrogens (tertiary/aromatic N) is 3. The zero-order valence-corrected chi connectivity index (χ0v) is 15.6. The van der Waals surface area contributed by atoms with Crippen molar-refractivity contribution in [3.8, 4) is 17.4 Å². The topological polar surface area (TPSA) is 81.0 Å². The largest absolute Gasteiger partial charge is 0.461 e. The molecule has 0 atom stereocenters. The van der Waals surface area contributed by atoms with Crippen molar-refractivity contribution in [1.29, 1.82) is 5.26 Å². The van der Waals surface area contributed by atoms with Gasteiger partial charge in [-0.3, -0.25) is 0 Å². The Labute approximate surface area is 165 Å². The molecule has 6 nitrogen and oxygen atoms in total. The summed E-state index contributed by atoms with van der Waals surface area (Å²) < 4.78 is 25.6. The number of esters is 1. The molecule has 0 N–H and O–H groups in total. The molecule has 0 aliphatic carbocycles. The summed E-state index contributed by atoms with van der Waals surface area (Å²) in [4.78, 5) is 11.8. The minimum Gasteiger partial charge on any atom is -0.461 e. The van der Waals surface area contributed by atoms with Crippen molar-refractivity contribution in [3.05, 3.63) is 77.4 Å². The Balaban J connectivity index is 1.71. The predicted octanol–water partition coefficient (Wildman–Crippen LogP) is 4.53. The molecule has 29 heavy (non-hydrogen) atoms. The van der Waals surface area contributed by atoms with E-state index in [1.54, 1.807) is 19.2 Å². The van der Waals surface area contributed by atoms with E-state index in [1.807, 2.05) is 28.8 Å². The van der Waals surface area contributed by atoms with Crippen molar-refractivity contribution in [1.82, 2.24) is 9.72 Å². The van der Waals surface area contributed by atoms with Crippen LogP contribution in [0, 0.1) is 17.1 Å². The van der Waals surface area contributed by atoms with Crippen molar-refractivity contribution in [3.63, 3.8) is 0 Å². The maximum Gasteiger partial charge on any atom is 0.360 e. The second-order valence-electron chi connectivity index (χ2n) is 6.44. The van der Waals surface area contributed by atoms with Gasteiger partial charge in [0.05, 0.1) is 12.2 Å². The third kappa shape index (κ3) is 3.60. The van der Waals surface area contributed by atoms with Crippen molar-refractivity contribution < 1.29 is 18.4 Å². The minimum absolute atomic E-state index is 0.0890. The number of aromatic nitrogens is 2. The zero-order chi connectivity index (χ0) is 20.4. The van der Waals surface area contributed by atoms with Gasteiger partial charge in [-0.15, -0.1) is 0 Å². The highest BCUT2D eigenvalue weighted by Gasteiger charge is 2.16. The number of carbonyl (C=O) groups is 1. The fourth-order valence-corrected chi connectivity index (χ4v) is 3.21. The van der Waals surface area contributed by atoms with Crippen LogP contribution >= 0.6 is 0 Å². The lowest BCUT2D eigenvalue weighted by molar-refractivity contribution is 0.0514. The number of rotatable bonds is 5. The Bertz CT molecular complexity index is 1250. The molecular formula is C22H16FN3O3. The molecule has 0 aliphatic rings. The Morgan fingerprint density at radius 3 is 2.90 bits per heavy atom. The number of benzene rings is 2. The molecule has 2 aromatic carbocycles. The molecule has 0 unspecified atom stereocenters. The first-order valence-corrected chi connectivity index (χ1v) is 9.00. The molecule has 0 saturated heterocycles. The van der Waals surface area contributed by atoms with E-state index in [1.165, 1.54) is 18.2 Å². The highest BCUT2D eigenvalue weighted by Crippen LogP contribution is 2.29. The van der Waals surface area contributed by atoms with E-state index in [2.05, 4.69) is 11.2 Å². The fraction of sp³-hybridized carbons (Fsp3) is 0.136. The van der Waals surface area contributed by atoms with Gasteiger partial charge >= 0.3 is 5.97 Å². The van der Waals surface area contributed by atoms with Gasteiger partial charge in [0, 0.05) is 35.3 Å². The van der Waals surface area contributed by atoms with E-state index in [9.17, 15) is 14.4 Å². The first-order chi connectivity index (χ1) is 14.1. The predicted molar refractivity (Wildman–Crippen MR) is 104 cm³/mol. The Hall–Kier alpha value is -3.92. The van der Waals surface area contributed by atoms with E-state index in [4.69, 9.17) is 9.26 Å². The first-order valence-electron chi connectivity index (χ1n) is 9.00. The number of hydrogen-bond acceptors (Lipinski definition) is 5. The van der Waals surface area contributed by atoms with Gasteiger partial charge in [-0.25, -0.2) is 9.18 Å². The molecule has 4 aromatic rings. The summed E-state index contributed by atoms with van der Waals surface area (Å²) in [7, 11) is 0. The number of carbonyl (C=O) groups excluding carboxylic acids is 1. The van der Waals surface area contributed by atoms with Crippen LogP contribution in [-0.2, 0) is 11.3 Å². The number of hydrogen-bond donors (Lipinski definition) is 0. The van der Waals surface area contributed by atoms with Crippen LogP contribution in [0.4, 0.5) is 4.39 Å². The molecule has 2 heterocycles. The summed E-state index contributed by atoms with van der Waals surface area (Å²) in [6, 6.07) is 15.5. The molecule has 0 fully saturated rings. The van der Waals surface area contributed by atoms with E-state index in [0.717, 1.165) is 16.5 Å². The molecule has 0 aliphatic heterocycles. The first kappa shape index (κ1) is 18.4. The average Bonchev–Trinajstić information content (AvgIpc) is 3.33. The van der Waals surface area contributed by atoms with Crippen LogP contribution in [0.3, 0.4) is 0 Å². The Morgan fingerprint density at radius 1 is 1.28 bits per heavy atom. The van der Waals surface area contributed by atoms with Crippen LogP contribution < -0.4 is 0 Å². The maximum absolute atomic E-state index is 13.5. The van der Waals surface area contributed by atoms with Crippen molar-refractivity contribution in [2.45, 2.75) is 13.5 Å². The SMILES string of the molecule is CCOC(=O)c1cc(-c2ccc3c(c2)c(C#N)cn3Cc2cccc(F)c2)on1. The van der Waals surface area contributed by atoms with Gasteiger partial charge in [0.15, 0.2) is 11.5 Å². The normalized spacial score (nSPS) is 10.8.